The molecule has 3 aromatic rings. The lowest BCUT2D eigenvalue weighted by atomic mass is 10.1. The number of urea groups is 1. The van der Waals surface area contributed by atoms with E-state index < -0.39 is 0 Å². The van der Waals surface area contributed by atoms with E-state index in [1.165, 1.54) is 0 Å². The average Bonchev–Trinajstić information content (AvgIpc) is 2.69. The zero-order valence-electron chi connectivity index (χ0n) is 15.7. The molecule has 0 aliphatic rings. The molecule has 0 aliphatic heterocycles. The second-order valence-electron chi connectivity index (χ2n) is 6.54. The van der Waals surface area contributed by atoms with Crippen LogP contribution in [0.2, 0.25) is 10.0 Å². The smallest absolute Gasteiger partial charge is 0.312 e. The molecule has 2 aromatic carbocycles. The number of nitrogens with one attached hydrogen (secondary N) is 1. The van der Waals surface area contributed by atoms with Crippen LogP contribution < -0.4 is 5.32 Å². The number of carbonyl (C=O) groups excluding carboxylic acids is 1. The molecule has 0 bridgehead atoms. The van der Waals surface area contributed by atoms with Crippen molar-refractivity contribution in [3.8, 4) is 0 Å². The molecule has 1 N–H and O–H groups in total. The number of pyridine rings is 1. The lowest BCUT2D eigenvalue weighted by molar-refractivity contribution is 0.188. The first-order valence-corrected chi connectivity index (χ1v) is 9.70. The van der Waals surface area contributed by atoms with Crippen LogP contribution >= 0.6 is 23.2 Å². The van der Waals surface area contributed by atoms with Crippen molar-refractivity contribution in [1.29, 1.82) is 0 Å². The van der Waals surface area contributed by atoms with Gasteiger partial charge in [-0.05, 0) is 49.7 Å². The second kappa shape index (κ2) is 9.09. The van der Waals surface area contributed by atoms with Crippen LogP contribution in [0.4, 0.5) is 10.5 Å². The zero-order valence-corrected chi connectivity index (χ0v) is 17.2. The Hall–Kier alpha value is -2.56. The number of aryl methyl sites for hydroxylation is 1. The zero-order chi connectivity index (χ0) is 20.1. The summed E-state index contributed by atoms with van der Waals surface area (Å²) in [5.74, 6) is 0. The van der Waals surface area contributed by atoms with Crippen LogP contribution in [0.3, 0.4) is 0 Å². The predicted octanol–water partition coefficient (Wildman–Crippen LogP) is 6.49. The van der Waals surface area contributed by atoms with Gasteiger partial charge in [-0.3, -0.25) is 4.98 Å². The number of aromatic nitrogens is 1. The number of rotatable bonds is 5. The highest BCUT2D eigenvalue weighted by atomic mass is 35.5. The molecule has 6 heteroatoms. The molecule has 0 radical (unpaired) electrons. The van der Waals surface area contributed by atoms with E-state index in [2.05, 4.69) is 10.3 Å². The van der Waals surface area contributed by atoms with Crippen molar-refractivity contribution in [2.24, 2.45) is 0 Å². The van der Waals surface area contributed by atoms with Crippen molar-refractivity contribution in [2.45, 2.75) is 26.4 Å². The number of carbonyl (C=O) groups is 1. The van der Waals surface area contributed by atoms with Gasteiger partial charge < -0.3 is 10.2 Å². The molecule has 2 amide bonds. The molecule has 0 aliphatic carbocycles. The van der Waals surface area contributed by atoms with E-state index in [-0.39, 0.29) is 12.1 Å². The summed E-state index contributed by atoms with van der Waals surface area (Å²) in [6.07, 6.45) is 0. The van der Waals surface area contributed by atoms with Gasteiger partial charge in [-0.1, -0.05) is 59.6 Å². The fraction of sp³-hybridized carbons (Fsp3) is 0.182. The number of hydrogen-bond acceptors (Lipinski definition) is 2. The summed E-state index contributed by atoms with van der Waals surface area (Å²) >= 11 is 12.0. The highest BCUT2D eigenvalue weighted by molar-refractivity contribution is 6.42. The van der Waals surface area contributed by atoms with Gasteiger partial charge in [0.15, 0.2) is 0 Å². The van der Waals surface area contributed by atoms with Gasteiger partial charge in [0.05, 0.1) is 28.3 Å². The van der Waals surface area contributed by atoms with Crippen molar-refractivity contribution in [1.82, 2.24) is 9.88 Å². The molecular weight excluding hydrogens is 393 g/mol. The quantitative estimate of drug-likeness (QED) is 0.519. The molecule has 1 heterocycles. The van der Waals surface area contributed by atoms with E-state index in [1.54, 1.807) is 23.1 Å². The highest BCUT2D eigenvalue weighted by Gasteiger charge is 2.22. The molecule has 1 atom stereocenters. The predicted molar refractivity (Wildman–Crippen MR) is 115 cm³/mol. The van der Waals surface area contributed by atoms with Crippen LogP contribution in [0.25, 0.3) is 0 Å². The molecular formula is C22H21Cl2N3O. The van der Waals surface area contributed by atoms with Crippen molar-refractivity contribution in [3.63, 3.8) is 0 Å². The standard InChI is InChI=1S/C22H21Cl2N3O/c1-15-7-6-10-19(25-15)14-27(16(2)17-8-4-3-5-9-17)22(28)26-18-11-12-20(23)21(24)13-18/h3-13,16H,14H2,1-2H3,(H,26,28). The molecule has 144 valence electrons. The van der Waals surface area contributed by atoms with Crippen LogP contribution in [0, 0.1) is 6.92 Å². The molecule has 4 nitrogen and oxygen atoms in total. The Morgan fingerprint density at radius 3 is 2.46 bits per heavy atom. The van der Waals surface area contributed by atoms with Gasteiger partial charge in [0.2, 0.25) is 0 Å². The van der Waals surface area contributed by atoms with Gasteiger partial charge in [0.25, 0.3) is 0 Å². The van der Waals surface area contributed by atoms with E-state index in [9.17, 15) is 4.79 Å². The molecule has 0 fully saturated rings. The second-order valence-corrected chi connectivity index (χ2v) is 7.36. The Morgan fingerprint density at radius 2 is 1.79 bits per heavy atom. The van der Waals surface area contributed by atoms with E-state index >= 15 is 0 Å². The summed E-state index contributed by atoms with van der Waals surface area (Å²) in [6.45, 7) is 4.31. The summed E-state index contributed by atoms with van der Waals surface area (Å²) in [5.41, 5.74) is 3.36. The van der Waals surface area contributed by atoms with E-state index in [0.29, 0.717) is 22.3 Å². The maximum Gasteiger partial charge on any atom is 0.322 e. The lowest BCUT2D eigenvalue weighted by Gasteiger charge is -2.29. The number of anilines is 1. The van der Waals surface area contributed by atoms with Crippen LogP contribution in [0.5, 0.6) is 0 Å². The minimum Gasteiger partial charge on any atom is -0.312 e. The summed E-state index contributed by atoms with van der Waals surface area (Å²) < 4.78 is 0. The van der Waals surface area contributed by atoms with Gasteiger partial charge in [0.1, 0.15) is 0 Å². The van der Waals surface area contributed by atoms with Gasteiger partial charge in [-0.25, -0.2) is 4.79 Å². The molecule has 0 spiro atoms. The Bertz CT molecular complexity index is 963. The summed E-state index contributed by atoms with van der Waals surface area (Å²) in [5, 5.41) is 3.75. The third kappa shape index (κ3) is 5.03. The monoisotopic (exact) mass is 413 g/mol. The normalized spacial score (nSPS) is 11.7. The summed E-state index contributed by atoms with van der Waals surface area (Å²) in [7, 11) is 0. The van der Waals surface area contributed by atoms with Crippen LogP contribution in [-0.2, 0) is 6.54 Å². The van der Waals surface area contributed by atoms with E-state index in [1.807, 2.05) is 62.4 Å². The fourth-order valence-electron chi connectivity index (χ4n) is 2.93. The van der Waals surface area contributed by atoms with Crippen LogP contribution in [-0.4, -0.2) is 15.9 Å². The Labute approximate surface area is 175 Å². The number of amides is 2. The van der Waals surface area contributed by atoms with Crippen molar-refractivity contribution < 1.29 is 4.79 Å². The molecule has 3 rings (SSSR count). The molecule has 28 heavy (non-hydrogen) atoms. The molecule has 0 saturated heterocycles. The minimum atomic E-state index is -0.238. The molecule has 0 saturated carbocycles. The SMILES string of the molecule is Cc1cccc(CN(C(=O)Nc2ccc(Cl)c(Cl)c2)C(C)c2ccccc2)n1. The summed E-state index contributed by atoms with van der Waals surface area (Å²) in [6, 6.07) is 20.3. The largest absolute Gasteiger partial charge is 0.322 e. The Kier molecular flexibility index (Phi) is 6.55. The number of halogens is 2. The van der Waals surface area contributed by atoms with E-state index in [4.69, 9.17) is 23.2 Å². The topological polar surface area (TPSA) is 45.2 Å². The van der Waals surface area contributed by atoms with Gasteiger partial charge in [-0.2, -0.15) is 0 Å². The first kappa shape index (κ1) is 20.2. The van der Waals surface area contributed by atoms with Gasteiger partial charge in [0, 0.05) is 11.4 Å². The van der Waals surface area contributed by atoms with Crippen molar-refractivity contribution >= 4 is 34.9 Å². The van der Waals surface area contributed by atoms with E-state index in [0.717, 1.165) is 17.0 Å². The summed E-state index contributed by atoms with van der Waals surface area (Å²) in [4.78, 5) is 19.4. The van der Waals surface area contributed by atoms with Gasteiger partial charge >= 0.3 is 6.03 Å². The minimum absolute atomic E-state index is 0.147. The van der Waals surface area contributed by atoms with Crippen LogP contribution in [0.1, 0.15) is 29.9 Å². The third-order valence-corrected chi connectivity index (χ3v) is 5.20. The molecule has 1 unspecified atom stereocenters. The van der Waals surface area contributed by atoms with Gasteiger partial charge in [-0.15, -0.1) is 0 Å². The highest BCUT2D eigenvalue weighted by Crippen LogP contribution is 2.27. The number of hydrogen-bond donors (Lipinski definition) is 1. The lowest BCUT2D eigenvalue weighted by Crippen LogP contribution is -2.36. The first-order chi connectivity index (χ1) is 13.4. The van der Waals surface area contributed by atoms with Crippen LogP contribution in [0.15, 0.2) is 66.7 Å². The molecule has 1 aromatic heterocycles. The Balaban J connectivity index is 1.87. The average molecular weight is 414 g/mol. The van der Waals surface area contributed by atoms with Crippen molar-refractivity contribution in [2.75, 3.05) is 5.32 Å². The number of nitrogens with zero attached hydrogens (tertiary/aromatic N) is 2. The third-order valence-electron chi connectivity index (χ3n) is 4.46. The number of benzene rings is 2. The maximum atomic E-state index is 13.1. The Morgan fingerprint density at radius 1 is 1.04 bits per heavy atom. The van der Waals surface area contributed by atoms with Crippen molar-refractivity contribution in [3.05, 3.63) is 93.7 Å². The first-order valence-electron chi connectivity index (χ1n) is 8.94. The fourth-order valence-corrected chi connectivity index (χ4v) is 3.23. The maximum absolute atomic E-state index is 13.1.